The maximum Gasteiger partial charge on any atom is 0.527 e. The third kappa shape index (κ3) is 6.28. The third-order valence-electron chi connectivity index (χ3n) is 4.71. The van der Waals surface area contributed by atoms with E-state index >= 15 is 0 Å². The molecular weight excluding hydrogens is 392 g/mol. The van der Waals surface area contributed by atoms with Gasteiger partial charge in [0.1, 0.15) is 25.3 Å². The largest absolute Gasteiger partial charge is 0.527 e. The monoisotopic (exact) mass is 421 g/mol. The summed E-state index contributed by atoms with van der Waals surface area (Å²) in [7, 11) is 0. The standard InChI is InChI=1S/C21H28N2O7/c1-21(2,3)30-20(28)23(19(27)29-15-16-7-5-4-6-8-16)13-11-22(12-14-23)17(24)9-10-18(25)26/h4-8H,9-15H2,1-3H3/p+1. The van der Waals surface area contributed by atoms with Crippen LogP contribution in [0.15, 0.2) is 30.3 Å². The minimum absolute atomic E-state index is 0.00134. The van der Waals surface area contributed by atoms with Crippen molar-refractivity contribution in [3.05, 3.63) is 35.9 Å². The van der Waals surface area contributed by atoms with Crippen LogP contribution in [0.1, 0.15) is 39.2 Å². The van der Waals surface area contributed by atoms with E-state index in [1.165, 1.54) is 4.90 Å². The van der Waals surface area contributed by atoms with Gasteiger partial charge in [0, 0.05) is 6.42 Å². The van der Waals surface area contributed by atoms with Gasteiger partial charge in [-0.2, -0.15) is 9.59 Å². The highest BCUT2D eigenvalue weighted by molar-refractivity contribution is 5.81. The van der Waals surface area contributed by atoms with E-state index in [9.17, 15) is 19.2 Å². The van der Waals surface area contributed by atoms with Crippen LogP contribution in [0.25, 0.3) is 0 Å². The Kier molecular flexibility index (Phi) is 7.55. The van der Waals surface area contributed by atoms with E-state index in [4.69, 9.17) is 14.6 Å². The number of carboxylic acid groups (broad SMARTS) is 1. The molecule has 0 unspecified atom stereocenters. The highest BCUT2D eigenvalue weighted by atomic mass is 16.6. The predicted octanol–water partition coefficient (Wildman–Crippen LogP) is 2.78. The van der Waals surface area contributed by atoms with Crippen LogP contribution in [0.5, 0.6) is 0 Å². The maximum atomic E-state index is 13.0. The van der Waals surface area contributed by atoms with E-state index in [0.717, 1.165) is 5.56 Å². The number of carboxylic acids is 1. The number of quaternary nitrogens is 1. The van der Waals surface area contributed by atoms with Gasteiger partial charge in [-0.15, -0.1) is 4.48 Å². The van der Waals surface area contributed by atoms with Crippen molar-refractivity contribution in [3.63, 3.8) is 0 Å². The molecule has 0 radical (unpaired) electrons. The minimum atomic E-state index is -1.05. The third-order valence-corrected chi connectivity index (χ3v) is 4.71. The molecule has 1 aromatic rings. The van der Waals surface area contributed by atoms with Gasteiger partial charge in [0.25, 0.3) is 0 Å². The lowest BCUT2D eigenvalue weighted by Gasteiger charge is -2.39. The van der Waals surface area contributed by atoms with Crippen molar-refractivity contribution in [2.24, 2.45) is 0 Å². The summed E-state index contributed by atoms with van der Waals surface area (Å²) in [6.45, 7) is 5.40. The molecule has 1 heterocycles. The maximum absolute atomic E-state index is 13.0. The highest BCUT2D eigenvalue weighted by Gasteiger charge is 2.52. The number of aliphatic carboxylic acids is 1. The zero-order valence-corrected chi connectivity index (χ0v) is 17.6. The zero-order valence-electron chi connectivity index (χ0n) is 17.6. The number of ether oxygens (including phenoxy) is 2. The van der Waals surface area contributed by atoms with Crippen LogP contribution in [0.3, 0.4) is 0 Å². The van der Waals surface area contributed by atoms with Gasteiger partial charge < -0.3 is 19.5 Å². The summed E-state index contributed by atoms with van der Waals surface area (Å²) >= 11 is 0. The number of amides is 3. The molecule has 2 rings (SSSR count). The summed E-state index contributed by atoms with van der Waals surface area (Å²) in [5, 5.41) is 8.75. The number of benzene rings is 1. The molecule has 1 N–H and O–H groups in total. The van der Waals surface area contributed by atoms with Crippen molar-refractivity contribution < 1.29 is 38.2 Å². The van der Waals surface area contributed by atoms with Crippen LogP contribution in [-0.2, 0) is 25.7 Å². The van der Waals surface area contributed by atoms with Gasteiger partial charge in [-0.1, -0.05) is 30.3 Å². The van der Waals surface area contributed by atoms with Crippen LogP contribution < -0.4 is 0 Å². The molecule has 1 aliphatic heterocycles. The summed E-state index contributed by atoms with van der Waals surface area (Å²) in [5.41, 5.74) is -0.00749. The van der Waals surface area contributed by atoms with Crippen LogP contribution in [0.4, 0.5) is 9.59 Å². The molecule has 1 fully saturated rings. The van der Waals surface area contributed by atoms with Crippen LogP contribution in [0.2, 0.25) is 0 Å². The van der Waals surface area contributed by atoms with Gasteiger partial charge in [0.15, 0.2) is 0 Å². The van der Waals surface area contributed by atoms with Crippen LogP contribution in [0, 0.1) is 0 Å². The normalized spacial score (nSPS) is 15.9. The van der Waals surface area contributed by atoms with E-state index in [-0.39, 0.29) is 51.5 Å². The van der Waals surface area contributed by atoms with Crippen molar-refractivity contribution in [2.45, 2.75) is 45.8 Å². The molecule has 0 aliphatic carbocycles. The molecule has 1 aromatic carbocycles. The Morgan fingerprint density at radius 1 is 1.00 bits per heavy atom. The fraction of sp³-hybridized carbons (Fsp3) is 0.524. The van der Waals surface area contributed by atoms with Gasteiger partial charge in [-0.3, -0.25) is 9.59 Å². The van der Waals surface area contributed by atoms with Crippen molar-refractivity contribution in [1.82, 2.24) is 4.90 Å². The van der Waals surface area contributed by atoms with Crippen LogP contribution >= 0.6 is 0 Å². The molecule has 1 aliphatic rings. The lowest BCUT2D eigenvalue weighted by atomic mass is 10.2. The van der Waals surface area contributed by atoms with E-state index < -0.39 is 28.2 Å². The molecule has 0 saturated carbocycles. The lowest BCUT2D eigenvalue weighted by Crippen LogP contribution is -2.66. The molecule has 1 saturated heterocycles. The van der Waals surface area contributed by atoms with E-state index in [1.54, 1.807) is 20.8 Å². The van der Waals surface area contributed by atoms with Gasteiger partial charge in [-0.25, -0.2) is 0 Å². The van der Waals surface area contributed by atoms with Crippen molar-refractivity contribution in [3.8, 4) is 0 Å². The van der Waals surface area contributed by atoms with E-state index in [1.807, 2.05) is 30.3 Å². The molecule has 30 heavy (non-hydrogen) atoms. The molecule has 0 atom stereocenters. The Morgan fingerprint density at radius 2 is 1.60 bits per heavy atom. The predicted molar refractivity (Wildman–Crippen MR) is 106 cm³/mol. The Hall–Kier alpha value is -2.94. The summed E-state index contributed by atoms with van der Waals surface area (Å²) in [6, 6.07) is 9.11. The molecule has 9 nitrogen and oxygen atoms in total. The quantitative estimate of drug-likeness (QED) is 0.728. The van der Waals surface area contributed by atoms with E-state index in [0.29, 0.717) is 0 Å². The molecule has 0 aromatic heterocycles. The van der Waals surface area contributed by atoms with Crippen molar-refractivity contribution in [2.75, 3.05) is 26.2 Å². The Morgan fingerprint density at radius 3 is 2.13 bits per heavy atom. The van der Waals surface area contributed by atoms with E-state index in [2.05, 4.69) is 0 Å². The Bertz CT molecular complexity index is 778. The summed E-state index contributed by atoms with van der Waals surface area (Å²) in [4.78, 5) is 50.3. The SMILES string of the molecule is CC(C)(C)OC(=O)[N+]1(C(=O)OCc2ccccc2)CCN(C(=O)CCC(=O)O)CC1. The molecule has 9 heteroatoms. The fourth-order valence-electron chi connectivity index (χ4n) is 3.06. The number of carbonyl (C=O) groups excluding carboxylic acids is 3. The number of rotatable bonds is 5. The number of hydrogen-bond acceptors (Lipinski definition) is 6. The van der Waals surface area contributed by atoms with Gasteiger partial charge >= 0.3 is 18.2 Å². The first-order valence-corrected chi connectivity index (χ1v) is 9.85. The smallest absolute Gasteiger partial charge is 0.481 e. The first-order valence-electron chi connectivity index (χ1n) is 9.85. The average Bonchev–Trinajstić information content (AvgIpc) is 2.69. The minimum Gasteiger partial charge on any atom is -0.481 e. The molecular formula is C21H29N2O7+. The van der Waals surface area contributed by atoms with Crippen molar-refractivity contribution in [1.29, 1.82) is 0 Å². The Labute approximate surface area is 175 Å². The second kappa shape index (κ2) is 9.71. The molecule has 0 spiro atoms. The van der Waals surface area contributed by atoms with Gasteiger partial charge in [0.2, 0.25) is 5.91 Å². The molecule has 164 valence electrons. The topological polar surface area (TPSA) is 110 Å². The molecule has 0 bridgehead atoms. The number of imide groups is 1. The second-order valence-electron chi connectivity index (χ2n) is 8.21. The number of carbonyl (C=O) groups is 4. The summed E-state index contributed by atoms with van der Waals surface area (Å²) < 4.78 is 10.2. The Balaban J connectivity index is 2.11. The number of hydrogen-bond donors (Lipinski definition) is 1. The van der Waals surface area contributed by atoms with Crippen molar-refractivity contribution >= 4 is 24.1 Å². The number of piperazine rings is 1. The first-order chi connectivity index (χ1) is 14.0. The van der Waals surface area contributed by atoms with Gasteiger partial charge in [0.05, 0.1) is 19.5 Å². The molecule has 3 amide bonds. The zero-order chi connectivity index (χ0) is 22.4. The fourth-order valence-corrected chi connectivity index (χ4v) is 3.06. The van der Waals surface area contributed by atoms with Gasteiger partial charge in [-0.05, 0) is 26.3 Å². The summed E-state index contributed by atoms with van der Waals surface area (Å²) in [5.74, 6) is -1.37. The number of nitrogens with zero attached hydrogens (tertiary/aromatic N) is 2. The average molecular weight is 421 g/mol. The second-order valence-corrected chi connectivity index (χ2v) is 8.21. The van der Waals surface area contributed by atoms with Crippen LogP contribution in [-0.4, -0.2) is 70.3 Å². The lowest BCUT2D eigenvalue weighted by molar-refractivity contribution is -0.792. The highest BCUT2D eigenvalue weighted by Crippen LogP contribution is 2.23. The first kappa shape index (κ1) is 23.3. The summed E-state index contributed by atoms with van der Waals surface area (Å²) in [6.07, 6.45) is -1.84.